The molecule has 0 amide bonds. The van der Waals surface area contributed by atoms with Gasteiger partial charge in [-0.3, -0.25) is 0 Å². The minimum absolute atomic E-state index is 0.339. The maximum absolute atomic E-state index is 12.6. The van der Waals surface area contributed by atoms with E-state index in [0.29, 0.717) is 22.8 Å². The molecule has 3 N–H and O–H groups in total. The van der Waals surface area contributed by atoms with Crippen LogP contribution in [-0.2, 0) is 6.18 Å². The average Bonchev–Trinajstić information content (AvgIpc) is 2.40. The Morgan fingerprint density at radius 1 is 1.05 bits per heavy atom. The molecule has 0 radical (unpaired) electrons. The smallest absolute Gasteiger partial charge is 0.416 e. The monoisotopic (exact) mass is 282 g/mol. The summed E-state index contributed by atoms with van der Waals surface area (Å²) in [5.74, 6) is 0.460. The Hall–Kier alpha value is -2.37. The van der Waals surface area contributed by atoms with Gasteiger partial charge in [0, 0.05) is 17.4 Å². The minimum atomic E-state index is -4.36. The Morgan fingerprint density at radius 2 is 1.75 bits per heavy atom. The molecule has 0 atom stereocenters. The zero-order valence-electron chi connectivity index (χ0n) is 10.7. The van der Waals surface area contributed by atoms with Gasteiger partial charge in [-0.25, -0.2) is 0 Å². The summed E-state index contributed by atoms with van der Waals surface area (Å²) < 4.78 is 42.9. The summed E-state index contributed by atoms with van der Waals surface area (Å²) in [6.07, 6.45) is -4.36. The normalized spacial score (nSPS) is 11.2. The van der Waals surface area contributed by atoms with Gasteiger partial charge in [-0.2, -0.15) is 13.2 Å². The highest BCUT2D eigenvalue weighted by atomic mass is 19.4. The molecular formula is C14H13F3N2O. The van der Waals surface area contributed by atoms with Gasteiger partial charge in [-0.05, 0) is 30.3 Å². The summed E-state index contributed by atoms with van der Waals surface area (Å²) in [6, 6.07) is 9.87. The van der Waals surface area contributed by atoms with E-state index < -0.39 is 11.7 Å². The molecule has 2 aromatic rings. The first-order chi connectivity index (χ1) is 9.40. The van der Waals surface area contributed by atoms with Gasteiger partial charge in [0.25, 0.3) is 0 Å². The van der Waals surface area contributed by atoms with Crippen molar-refractivity contribution in [2.45, 2.75) is 6.18 Å². The summed E-state index contributed by atoms with van der Waals surface area (Å²) in [4.78, 5) is 0. The highest BCUT2D eigenvalue weighted by molar-refractivity contribution is 5.67. The van der Waals surface area contributed by atoms with Crippen molar-refractivity contribution in [1.82, 2.24) is 0 Å². The van der Waals surface area contributed by atoms with Gasteiger partial charge in [0.1, 0.15) is 5.75 Å². The molecule has 0 saturated carbocycles. The Bertz CT molecular complexity index is 612. The standard InChI is InChI=1S/C14H13F3N2O/c1-20-13-8-11(5-6-12(13)18)19-10-4-2-3-9(7-10)14(15,16)17/h2-8,19H,18H2,1H3. The van der Waals surface area contributed by atoms with Gasteiger partial charge in [-0.1, -0.05) is 6.07 Å². The largest absolute Gasteiger partial charge is 0.495 e. The molecule has 20 heavy (non-hydrogen) atoms. The van der Waals surface area contributed by atoms with Crippen LogP contribution in [0, 0.1) is 0 Å². The van der Waals surface area contributed by atoms with Gasteiger partial charge >= 0.3 is 6.18 Å². The van der Waals surface area contributed by atoms with Gasteiger partial charge in [0.15, 0.2) is 0 Å². The number of ether oxygens (including phenoxy) is 1. The van der Waals surface area contributed by atoms with E-state index in [-0.39, 0.29) is 0 Å². The number of hydrogen-bond acceptors (Lipinski definition) is 3. The van der Waals surface area contributed by atoms with E-state index in [1.807, 2.05) is 0 Å². The maximum atomic E-state index is 12.6. The van der Waals surface area contributed by atoms with Crippen LogP contribution in [0.4, 0.5) is 30.2 Å². The second kappa shape index (κ2) is 5.32. The van der Waals surface area contributed by atoms with Crippen molar-refractivity contribution in [1.29, 1.82) is 0 Å². The fourth-order valence-electron chi connectivity index (χ4n) is 1.73. The molecule has 3 nitrogen and oxygen atoms in total. The molecule has 0 unspecified atom stereocenters. The molecule has 2 rings (SSSR count). The second-order valence-electron chi connectivity index (χ2n) is 4.16. The van der Waals surface area contributed by atoms with E-state index in [2.05, 4.69) is 5.32 Å². The quantitative estimate of drug-likeness (QED) is 0.835. The molecule has 0 saturated heterocycles. The molecule has 0 bridgehead atoms. The van der Waals surface area contributed by atoms with Crippen molar-refractivity contribution in [3.8, 4) is 5.75 Å². The number of halogens is 3. The van der Waals surface area contributed by atoms with Crippen molar-refractivity contribution in [3.63, 3.8) is 0 Å². The van der Waals surface area contributed by atoms with E-state index in [1.54, 1.807) is 24.3 Å². The third-order valence-corrected chi connectivity index (χ3v) is 2.71. The predicted molar refractivity (Wildman–Crippen MR) is 72.1 cm³/mol. The molecule has 0 spiro atoms. The second-order valence-corrected chi connectivity index (χ2v) is 4.16. The van der Waals surface area contributed by atoms with Crippen LogP contribution >= 0.6 is 0 Å². The number of rotatable bonds is 3. The third kappa shape index (κ3) is 3.14. The van der Waals surface area contributed by atoms with Crippen LogP contribution in [0.5, 0.6) is 5.75 Å². The first kappa shape index (κ1) is 14.0. The van der Waals surface area contributed by atoms with Crippen LogP contribution in [-0.4, -0.2) is 7.11 Å². The fourth-order valence-corrected chi connectivity index (χ4v) is 1.73. The molecule has 0 heterocycles. The SMILES string of the molecule is COc1cc(Nc2cccc(C(F)(F)F)c2)ccc1N. The Labute approximate surface area is 114 Å². The highest BCUT2D eigenvalue weighted by Crippen LogP contribution is 2.32. The lowest BCUT2D eigenvalue weighted by Crippen LogP contribution is -2.05. The van der Waals surface area contributed by atoms with E-state index in [9.17, 15) is 13.2 Å². The van der Waals surface area contributed by atoms with Gasteiger partial charge in [0.05, 0.1) is 18.4 Å². The van der Waals surface area contributed by atoms with Crippen LogP contribution in [0.2, 0.25) is 0 Å². The predicted octanol–water partition coefficient (Wildman–Crippen LogP) is 4.04. The fraction of sp³-hybridized carbons (Fsp3) is 0.143. The first-order valence-electron chi connectivity index (χ1n) is 5.78. The molecular weight excluding hydrogens is 269 g/mol. The number of nitrogens with two attached hydrogens (primary N) is 1. The van der Waals surface area contributed by atoms with Crippen LogP contribution in [0.3, 0.4) is 0 Å². The number of nitrogen functional groups attached to an aromatic ring is 1. The summed E-state index contributed by atoms with van der Waals surface area (Å²) in [7, 11) is 1.47. The van der Waals surface area contributed by atoms with Crippen LogP contribution in [0.15, 0.2) is 42.5 Å². The zero-order valence-corrected chi connectivity index (χ0v) is 10.7. The lowest BCUT2D eigenvalue weighted by Gasteiger charge is -2.12. The van der Waals surface area contributed by atoms with Crippen LogP contribution < -0.4 is 15.8 Å². The first-order valence-corrected chi connectivity index (χ1v) is 5.78. The molecule has 106 valence electrons. The number of hydrogen-bond donors (Lipinski definition) is 2. The van der Waals surface area contributed by atoms with Gasteiger partial charge in [-0.15, -0.1) is 0 Å². The summed E-state index contributed by atoms with van der Waals surface area (Å²) in [5, 5.41) is 2.88. The summed E-state index contributed by atoms with van der Waals surface area (Å²) >= 11 is 0. The van der Waals surface area contributed by atoms with Crippen LogP contribution in [0.25, 0.3) is 0 Å². The lowest BCUT2D eigenvalue weighted by atomic mass is 10.2. The zero-order chi connectivity index (χ0) is 14.8. The van der Waals surface area contributed by atoms with E-state index >= 15 is 0 Å². The summed E-state index contributed by atoms with van der Waals surface area (Å²) in [5.41, 5.74) is 6.36. The number of benzene rings is 2. The van der Waals surface area contributed by atoms with Crippen molar-refractivity contribution in [3.05, 3.63) is 48.0 Å². The molecule has 0 aliphatic carbocycles. The van der Waals surface area contributed by atoms with Crippen molar-refractivity contribution in [2.24, 2.45) is 0 Å². The van der Waals surface area contributed by atoms with Gasteiger partial charge in [0.2, 0.25) is 0 Å². The average molecular weight is 282 g/mol. The Balaban J connectivity index is 2.26. The molecule has 0 aromatic heterocycles. The van der Waals surface area contributed by atoms with Gasteiger partial charge < -0.3 is 15.8 Å². The molecule has 6 heteroatoms. The Kier molecular flexibility index (Phi) is 3.74. The van der Waals surface area contributed by atoms with Crippen LogP contribution in [0.1, 0.15) is 5.56 Å². The number of nitrogens with one attached hydrogen (secondary N) is 1. The maximum Gasteiger partial charge on any atom is 0.416 e. The Morgan fingerprint density at radius 3 is 2.40 bits per heavy atom. The lowest BCUT2D eigenvalue weighted by molar-refractivity contribution is -0.137. The van der Waals surface area contributed by atoms with E-state index in [0.717, 1.165) is 12.1 Å². The summed E-state index contributed by atoms with van der Waals surface area (Å²) in [6.45, 7) is 0. The third-order valence-electron chi connectivity index (χ3n) is 2.71. The number of methoxy groups -OCH3 is 1. The molecule has 0 aliphatic heterocycles. The minimum Gasteiger partial charge on any atom is -0.495 e. The molecule has 0 fully saturated rings. The number of alkyl halides is 3. The van der Waals surface area contributed by atoms with Crippen molar-refractivity contribution < 1.29 is 17.9 Å². The van der Waals surface area contributed by atoms with E-state index in [1.165, 1.54) is 13.2 Å². The number of anilines is 3. The highest BCUT2D eigenvalue weighted by Gasteiger charge is 2.30. The molecule has 2 aromatic carbocycles. The van der Waals surface area contributed by atoms with Crippen molar-refractivity contribution >= 4 is 17.1 Å². The van der Waals surface area contributed by atoms with E-state index in [4.69, 9.17) is 10.5 Å². The topological polar surface area (TPSA) is 47.3 Å². The molecule has 0 aliphatic rings. The van der Waals surface area contributed by atoms with Crippen molar-refractivity contribution in [2.75, 3.05) is 18.2 Å².